The first-order valence-corrected chi connectivity index (χ1v) is 21.2. The predicted octanol–water partition coefficient (Wildman–Crippen LogP) is 12.4. The van der Waals surface area contributed by atoms with Crippen molar-refractivity contribution in [3.8, 4) is 0 Å². The van der Waals surface area contributed by atoms with Crippen LogP contribution in [0, 0.1) is 11.3 Å². The predicted molar refractivity (Wildman–Crippen MR) is 236 cm³/mol. The number of hydrogen-bond donors (Lipinski definition) is 0. The van der Waals surface area contributed by atoms with Gasteiger partial charge in [-0.3, -0.25) is 0 Å². The molecule has 6 aliphatic rings. The largest absolute Gasteiger partial charge is 0.501 e. The van der Waals surface area contributed by atoms with Crippen molar-refractivity contribution in [3.05, 3.63) is 137 Å². The second kappa shape index (κ2) is 12.8. The Bertz CT molecular complexity index is 2470. The van der Waals surface area contributed by atoms with Gasteiger partial charge in [0.05, 0.1) is 22.7 Å². The quantitative estimate of drug-likeness (QED) is 0.154. The highest BCUT2D eigenvalue weighted by Crippen LogP contribution is 2.55. The molecule has 5 heteroatoms. The molecule has 0 amide bonds. The van der Waals surface area contributed by atoms with Crippen molar-refractivity contribution in [2.45, 2.75) is 111 Å². The number of rotatable bonds is 4. The Morgan fingerprint density at radius 1 is 0.911 bits per heavy atom. The molecular formula is C51H55BN2O2. The number of allylic oxidation sites excluding steroid dienone is 9. The molecule has 0 saturated heterocycles. The summed E-state index contributed by atoms with van der Waals surface area (Å²) in [5, 5.41) is 2.49. The fourth-order valence-electron chi connectivity index (χ4n) is 10.6. The normalized spacial score (nSPS) is 21.7. The van der Waals surface area contributed by atoms with E-state index in [9.17, 15) is 0 Å². The van der Waals surface area contributed by atoms with Crippen LogP contribution < -0.4 is 20.9 Å². The van der Waals surface area contributed by atoms with E-state index in [1.807, 2.05) is 6.08 Å². The number of anilines is 4. The standard InChI is InChI=1S/C51H55BN2O2/c1-9-34(50(3,4)5)24-22-31(2)53-45-38-19-13-11-17-33(38)30-40-44(45)52(49-47(53)43-37-18-12-10-16-32(37)23-29-42(43)56-49)48-46(39-20-14-15-21-41(39)55-48)54(40)36-27-25-35(26-28-36)51(6,7)8/h9,11-13,17-19,22,24-28,30,39,41H,1,10,14-16,20-21,23,29H2,2-8H3/b31-22+,34-24+. The maximum atomic E-state index is 7.38. The van der Waals surface area contributed by atoms with Gasteiger partial charge in [-0.2, -0.15) is 0 Å². The molecule has 2 unspecified atom stereocenters. The average molecular weight is 739 g/mol. The molecule has 3 aromatic carbocycles. The van der Waals surface area contributed by atoms with Crippen molar-refractivity contribution in [2.75, 3.05) is 9.80 Å². The van der Waals surface area contributed by atoms with Crippen LogP contribution in [0.2, 0.25) is 0 Å². The summed E-state index contributed by atoms with van der Waals surface area (Å²) < 4.78 is 14.8. The summed E-state index contributed by atoms with van der Waals surface area (Å²) >= 11 is 0. The lowest BCUT2D eigenvalue weighted by atomic mass is 9.37. The minimum absolute atomic E-state index is 0.0286. The van der Waals surface area contributed by atoms with E-state index in [1.165, 1.54) is 79.8 Å². The van der Waals surface area contributed by atoms with Crippen LogP contribution in [0.3, 0.4) is 0 Å². The van der Waals surface area contributed by atoms with Crippen LogP contribution in [-0.2, 0) is 16.6 Å². The fourth-order valence-corrected chi connectivity index (χ4v) is 10.6. The van der Waals surface area contributed by atoms with Crippen LogP contribution in [0.4, 0.5) is 22.7 Å². The topological polar surface area (TPSA) is 28.9 Å². The first kappa shape index (κ1) is 35.5. The molecule has 0 radical (unpaired) electrons. The third-order valence-corrected chi connectivity index (χ3v) is 13.5. The number of fused-ring (bicyclic) bond motifs is 10. The molecule has 1 saturated carbocycles. The Labute approximate surface area is 334 Å². The van der Waals surface area contributed by atoms with Crippen LogP contribution in [0.15, 0.2) is 124 Å². The van der Waals surface area contributed by atoms with Crippen LogP contribution in [0.5, 0.6) is 0 Å². The number of hydrogen-bond acceptors (Lipinski definition) is 4. The minimum atomic E-state index is -0.134. The molecule has 56 heavy (non-hydrogen) atoms. The van der Waals surface area contributed by atoms with Gasteiger partial charge in [0.2, 0.25) is 0 Å². The van der Waals surface area contributed by atoms with Crippen LogP contribution in [0.25, 0.3) is 16.3 Å². The Balaban J connectivity index is 1.31. The summed E-state index contributed by atoms with van der Waals surface area (Å²) in [7, 11) is 0. The van der Waals surface area contributed by atoms with Gasteiger partial charge in [-0.15, -0.1) is 0 Å². The minimum Gasteiger partial charge on any atom is -0.501 e. The van der Waals surface area contributed by atoms with Crippen molar-refractivity contribution >= 4 is 56.9 Å². The van der Waals surface area contributed by atoms with E-state index in [0.29, 0.717) is 5.92 Å². The molecule has 3 aliphatic carbocycles. The lowest BCUT2D eigenvalue weighted by Crippen LogP contribution is -2.56. The highest BCUT2D eigenvalue weighted by atomic mass is 16.5. The number of aryl methyl sites for hydroxylation is 1. The Hall–Kier alpha value is -4.90. The number of nitrogens with zero attached hydrogens (tertiary/aromatic N) is 2. The number of benzene rings is 3. The first-order chi connectivity index (χ1) is 26.9. The van der Waals surface area contributed by atoms with Gasteiger partial charge in [0.1, 0.15) is 17.5 Å². The smallest absolute Gasteiger partial charge is 0.340 e. The summed E-state index contributed by atoms with van der Waals surface area (Å²) in [4.78, 5) is 5.17. The zero-order valence-electron chi connectivity index (χ0n) is 34.4. The molecule has 1 aromatic heterocycles. The highest BCUT2D eigenvalue weighted by molar-refractivity contribution is 6.94. The summed E-state index contributed by atoms with van der Waals surface area (Å²) in [5.74, 6) is 1.46. The summed E-state index contributed by atoms with van der Waals surface area (Å²) in [6.45, 7) is 20.0. The summed E-state index contributed by atoms with van der Waals surface area (Å²) in [5.41, 5.74) is 17.6. The zero-order chi connectivity index (χ0) is 38.7. The molecule has 2 atom stereocenters. The third-order valence-electron chi connectivity index (χ3n) is 13.5. The van der Waals surface area contributed by atoms with E-state index in [0.717, 1.165) is 61.3 Å². The summed E-state index contributed by atoms with van der Waals surface area (Å²) in [6, 6.07) is 20.9. The van der Waals surface area contributed by atoms with Crippen LogP contribution >= 0.6 is 0 Å². The van der Waals surface area contributed by atoms with E-state index in [2.05, 4.69) is 144 Å². The number of ether oxygens (including phenoxy) is 1. The van der Waals surface area contributed by atoms with Gasteiger partial charge < -0.3 is 19.0 Å². The molecule has 3 aliphatic heterocycles. The van der Waals surface area contributed by atoms with E-state index in [1.54, 1.807) is 5.57 Å². The van der Waals surface area contributed by atoms with Crippen molar-refractivity contribution in [3.63, 3.8) is 0 Å². The molecule has 10 rings (SSSR count). The Morgan fingerprint density at radius 3 is 2.46 bits per heavy atom. The fraction of sp³-hybridized carbons (Fsp3) is 0.373. The number of furan rings is 1. The maximum Gasteiger partial charge on any atom is 0.340 e. The van der Waals surface area contributed by atoms with E-state index in [-0.39, 0.29) is 23.6 Å². The molecule has 0 bridgehead atoms. The molecule has 0 N–H and O–H groups in total. The molecular weight excluding hydrogens is 683 g/mol. The van der Waals surface area contributed by atoms with Crippen molar-refractivity contribution in [2.24, 2.45) is 11.3 Å². The van der Waals surface area contributed by atoms with Gasteiger partial charge in [0, 0.05) is 40.4 Å². The Morgan fingerprint density at radius 2 is 1.70 bits per heavy atom. The van der Waals surface area contributed by atoms with Crippen molar-refractivity contribution in [1.29, 1.82) is 0 Å². The summed E-state index contributed by atoms with van der Waals surface area (Å²) in [6.07, 6.45) is 20.4. The first-order valence-electron chi connectivity index (χ1n) is 21.2. The van der Waals surface area contributed by atoms with Gasteiger partial charge in [0.15, 0.2) is 0 Å². The van der Waals surface area contributed by atoms with E-state index < -0.39 is 0 Å². The van der Waals surface area contributed by atoms with Gasteiger partial charge in [-0.05, 0) is 108 Å². The lowest BCUT2D eigenvalue weighted by Gasteiger charge is -2.43. The van der Waals surface area contributed by atoms with E-state index >= 15 is 0 Å². The van der Waals surface area contributed by atoms with Crippen molar-refractivity contribution < 1.29 is 9.15 Å². The highest BCUT2D eigenvalue weighted by Gasteiger charge is 2.55. The van der Waals surface area contributed by atoms with E-state index in [4.69, 9.17) is 9.15 Å². The van der Waals surface area contributed by atoms with Crippen LogP contribution in [-0.4, -0.2) is 12.8 Å². The third kappa shape index (κ3) is 5.32. The SMILES string of the molecule is C=C/C(=C\C=C(/C)N1c2c(oc3c2C2=C(CCC=C2)CC3)B2C3=C(C4CCCCC4O3)N(c3ccc(C(C)(C)C)cc3)c3cc4ccccc4c1c32)C(C)(C)C. The van der Waals surface area contributed by atoms with Gasteiger partial charge >= 0.3 is 6.71 Å². The van der Waals surface area contributed by atoms with Crippen molar-refractivity contribution in [1.82, 2.24) is 0 Å². The second-order valence-electron chi connectivity index (χ2n) is 19.0. The zero-order valence-corrected chi connectivity index (χ0v) is 34.4. The molecule has 4 nitrogen and oxygen atoms in total. The monoisotopic (exact) mass is 738 g/mol. The molecule has 0 spiro atoms. The average Bonchev–Trinajstić information content (AvgIpc) is 3.76. The molecule has 4 aromatic rings. The maximum absolute atomic E-state index is 7.38. The molecule has 1 fully saturated rings. The van der Waals surface area contributed by atoms with Gasteiger partial charge in [-0.25, -0.2) is 0 Å². The second-order valence-corrected chi connectivity index (χ2v) is 19.0. The molecule has 284 valence electrons. The van der Waals surface area contributed by atoms with Gasteiger partial charge in [-0.1, -0.05) is 121 Å². The Kier molecular flexibility index (Phi) is 8.13. The van der Waals surface area contributed by atoms with Gasteiger partial charge in [0.25, 0.3) is 0 Å². The lowest BCUT2D eigenvalue weighted by molar-refractivity contribution is 0.0920. The van der Waals surface area contributed by atoms with Crippen LogP contribution in [0.1, 0.15) is 110 Å². The molecule has 4 heterocycles.